The van der Waals surface area contributed by atoms with Crippen molar-refractivity contribution in [2.75, 3.05) is 0 Å². The highest BCUT2D eigenvalue weighted by Crippen LogP contribution is 2.33. The van der Waals surface area contributed by atoms with E-state index in [1.807, 2.05) is 0 Å². The van der Waals surface area contributed by atoms with Gasteiger partial charge >= 0.3 is 18.3 Å². The van der Waals surface area contributed by atoms with Gasteiger partial charge in [-0.3, -0.25) is 0 Å². The summed E-state index contributed by atoms with van der Waals surface area (Å²) in [7, 11) is 0. The summed E-state index contributed by atoms with van der Waals surface area (Å²) in [6.45, 7) is 0. The SMILES string of the molecule is O=C(O)c1ccc2ccc(C(F)(F)F)nc2c1O.Oc1cccc2ccc(C(F)(F)F)nc12. The normalized spacial score (nSPS) is 11.8. The lowest BCUT2D eigenvalue weighted by molar-refractivity contribution is -0.141. The minimum absolute atomic E-state index is 0.0349. The van der Waals surface area contributed by atoms with Crippen LogP contribution in [-0.2, 0) is 12.4 Å². The standard InChI is InChI=1S/C11H6F3NO3.C10H6F3NO/c12-11(13,14)7-4-2-5-1-3-6(10(17)18)9(16)8(5)15-7;11-10(12,13)8-5-4-6-2-1-3-7(15)9(6)14-8/h1-4,16H,(H,17,18);1-5,15H. The van der Waals surface area contributed by atoms with Gasteiger partial charge < -0.3 is 15.3 Å². The molecule has 6 nitrogen and oxygen atoms in total. The molecule has 4 rings (SSSR count). The highest BCUT2D eigenvalue weighted by molar-refractivity contribution is 5.98. The Balaban J connectivity index is 0.000000189. The molecule has 172 valence electrons. The smallest absolute Gasteiger partial charge is 0.433 e. The van der Waals surface area contributed by atoms with Gasteiger partial charge in [-0.15, -0.1) is 0 Å². The molecule has 0 fully saturated rings. The molecule has 0 bridgehead atoms. The number of alkyl halides is 6. The zero-order valence-corrected chi connectivity index (χ0v) is 16.1. The molecule has 2 aromatic carbocycles. The van der Waals surface area contributed by atoms with Crippen LogP contribution in [0.25, 0.3) is 21.8 Å². The van der Waals surface area contributed by atoms with Crippen LogP contribution < -0.4 is 0 Å². The fraction of sp³-hybridized carbons (Fsp3) is 0.0952. The first-order chi connectivity index (χ1) is 15.3. The Labute approximate surface area is 180 Å². The average Bonchev–Trinajstić information content (AvgIpc) is 2.73. The van der Waals surface area contributed by atoms with Crippen molar-refractivity contribution in [3.8, 4) is 11.5 Å². The predicted octanol–water partition coefficient (Wildman–Crippen LogP) is 5.62. The number of phenols is 2. The van der Waals surface area contributed by atoms with Gasteiger partial charge in [0.25, 0.3) is 0 Å². The Bertz CT molecular complexity index is 1350. The molecule has 3 N–H and O–H groups in total. The van der Waals surface area contributed by atoms with E-state index in [2.05, 4.69) is 9.97 Å². The molecule has 0 amide bonds. The third-order valence-electron chi connectivity index (χ3n) is 4.35. The average molecular weight is 470 g/mol. The molecule has 0 aliphatic rings. The van der Waals surface area contributed by atoms with Crippen LogP contribution in [0.1, 0.15) is 21.7 Å². The van der Waals surface area contributed by atoms with E-state index in [0.29, 0.717) is 5.39 Å². The summed E-state index contributed by atoms with van der Waals surface area (Å²) in [5.74, 6) is -2.46. The van der Waals surface area contributed by atoms with Crippen LogP contribution in [0, 0.1) is 0 Å². The number of halogens is 6. The summed E-state index contributed by atoms with van der Waals surface area (Å²) in [4.78, 5) is 17.4. The molecule has 2 aromatic heterocycles. The Morgan fingerprint density at radius 2 is 1.18 bits per heavy atom. The van der Waals surface area contributed by atoms with Crippen LogP contribution in [0.15, 0.2) is 54.6 Å². The van der Waals surface area contributed by atoms with Crippen molar-refractivity contribution in [1.29, 1.82) is 0 Å². The number of carboxylic acids is 1. The van der Waals surface area contributed by atoms with Gasteiger partial charge in [0.05, 0.1) is 0 Å². The second-order valence-electron chi connectivity index (χ2n) is 6.58. The van der Waals surface area contributed by atoms with Crippen molar-refractivity contribution in [2.45, 2.75) is 12.4 Å². The summed E-state index contributed by atoms with van der Waals surface area (Å²) in [5.41, 5.74) is -3.10. The molecular weight excluding hydrogens is 458 g/mol. The lowest BCUT2D eigenvalue weighted by Crippen LogP contribution is -2.08. The summed E-state index contributed by atoms with van der Waals surface area (Å²) < 4.78 is 74.2. The van der Waals surface area contributed by atoms with Gasteiger partial charge in [-0.1, -0.05) is 30.3 Å². The molecule has 0 unspecified atom stereocenters. The summed E-state index contributed by atoms with van der Waals surface area (Å²) in [5, 5.41) is 28.4. The molecule has 0 saturated carbocycles. The number of pyridine rings is 2. The molecule has 0 radical (unpaired) electrons. The Kier molecular flexibility index (Phi) is 6.03. The van der Waals surface area contributed by atoms with Crippen LogP contribution in [0.2, 0.25) is 0 Å². The number of carboxylic acid groups (broad SMARTS) is 1. The van der Waals surface area contributed by atoms with Crippen LogP contribution in [0.5, 0.6) is 11.5 Å². The second-order valence-corrected chi connectivity index (χ2v) is 6.58. The van der Waals surface area contributed by atoms with Gasteiger partial charge in [-0.05, 0) is 24.3 Å². The highest BCUT2D eigenvalue weighted by Gasteiger charge is 2.33. The third kappa shape index (κ3) is 5.05. The lowest BCUT2D eigenvalue weighted by atomic mass is 10.1. The largest absolute Gasteiger partial charge is 0.506 e. The zero-order valence-electron chi connectivity index (χ0n) is 16.1. The number of benzene rings is 2. The first-order valence-corrected chi connectivity index (χ1v) is 8.88. The van der Waals surface area contributed by atoms with E-state index in [1.54, 1.807) is 12.1 Å². The van der Waals surface area contributed by atoms with Gasteiger partial charge in [-0.25, -0.2) is 14.8 Å². The predicted molar refractivity (Wildman–Crippen MR) is 104 cm³/mol. The number of aromatic carboxylic acids is 1. The molecule has 4 aromatic rings. The van der Waals surface area contributed by atoms with Crippen LogP contribution in [0.3, 0.4) is 0 Å². The number of para-hydroxylation sites is 1. The molecule has 33 heavy (non-hydrogen) atoms. The molecule has 0 saturated heterocycles. The quantitative estimate of drug-likeness (QED) is 0.312. The van der Waals surface area contributed by atoms with Crippen molar-refractivity contribution in [3.63, 3.8) is 0 Å². The van der Waals surface area contributed by atoms with Crippen LogP contribution >= 0.6 is 0 Å². The second kappa shape index (κ2) is 8.45. The van der Waals surface area contributed by atoms with Crippen molar-refractivity contribution in [1.82, 2.24) is 9.97 Å². The number of phenolic OH excluding ortho intramolecular Hbond substituents is 1. The van der Waals surface area contributed by atoms with Crippen molar-refractivity contribution >= 4 is 27.8 Å². The third-order valence-corrected chi connectivity index (χ3v) is 4.35. The number of carbonyl (C=O) groups is 1. The first-order valence-electron chi connectivity index (χ1n) is 8.88. The Morgan fingerprint density at radius 3 is 1.70 bits per heavy atom. The maximum absolute atomic E-state index is 12.4. The van der Waals surface area contributed by atoms with Gasteiger partial charge in [0.1, 0.15) is 33.7 Å². The van der Waals surface area contributed by atoms with Crippen molar-refractivity contribution in [3.05, 3.63) is 71.5 Å². The molecule has 0 aliphatic heterocycles. The van der Waals surface area contributed by atoms with E-state index < -0.39 is 41.0 Å². The highest BCUT2D eigenvalue weighted by atomic mass is 19.4. The molecule has 0 spiro atoms. The van der Waals surface area contributed by atoms with Gasteiger partial charge in [-0.2, -0.15) is 26.3 Å². The molecular formula is C21H12F6N2O4. The minimum atomic E-state index is -4.65. The topological polar surface area (TPSA) is 104 Å². The van der Waals surface area contributed by atoms with E-state index in [1.165, 1.54) is 18.2 Å². The van der Waals surface area contributed by atoms with Crippen molar-refractivity contribution < 1.29 is 46.5 Å². The van der Waals surface area contributed by atoms with Crippen LogP contribution in [0.4, 0.5) is 26.3 Å². The lowest BCUT2D eigenvalue weighted by Gasteiger charge is -2.08. The summed E-state index contributed by atoms with van der Waals surface area (Å²) >= 11 is 0. The van der Waals surface area contributed by atoms with Gasteiger partial charge in [0.2, 0.25) is 0 Å². The summed E-state index contributed by atoms with van der Waals surface area (Å²) in [6, 6.07) is 10.9. The van der Waals surface area contributed by atoms with Crippen molar-refractivity contribution in [2.24, 2.45) is 0 Å². The van der Waals surface area contributed by atoms with E-state index in [0.717, 1.165) is 24.3 Å². The fourth-order valence-corrected chi connectivity index (χ4v) is 2.79. The number of hydrogen-bond donors (Lipinski definition) is 3. The Morgan fingerprint density at radius 1 is 0.697 bits per heavy atom. The van der Waals surface area contributed by atoms with Crippen LogP contribution in [-0.4, -0.2) is 31.3 Å². The number of hydrogen-bond acceptors (Lipinski definition) is 5. The first kappa shape index (κ1) is 23.6. The maximum Gasteiger partial charge on any atom is 0.433 e. The molecule has 2 heterocycles. The summed E-state index contributed by atoms with van der Waals surface area (Å²) in [6.07, 6.45) is -9.14. The minimum Gasteiger partial charge on any atom is -0.506 e. The number of fused-ring (bicyclic) bond motifs is 2. The zero-order chi connectivity index (χ0) is 24.6. The van der Waals surface area contributed by atoms with E-state index in [-0.39, 0.29) is 22.2 Å². The van der Waals surface area contributed by atoms with Gasteiger partial charge in [0, 0.05) is 10.8 Å². The molecule has 12 heteroatoms. The molecule has 0 atom stereocenters. The maximum atomic E-state index is 12.4. The van der Waals surface area contributed by atoms with E-state index >= 15 is 0 Å². The number of aromatic nitrogens is 2. The fourth-order valence-electron chi connectivity index (χ4n) is 2.79. The monoisotopic (exact) mass is 470 g/mol. The van der Waals surface area contributed by atoms with E-state index in [4.69, 9.17) is 5.11 Å². The molecule has 0 aliphatic carbocycles. The number of aromatic hydroxyl groups is 2. The Hall–Kier alpha value is -4.09. The van der Waals surface area contributed by atoms with E-state index in [9.17, 15) is 41.4 Å². The number of nitrogens with zero attached hydrogens (tertiary/aromatic N) is 2. The van der Waals surface area contributed by atoms with Gasteiger partial charge in [0.15, 0.2) is 5.75 Å². The number of rotatable bonds is 1.